The molecule has 0 atom stereocenters. The van der Waals surface area contributed by atoms with Gasteiger partial charge in [-0.05, 0) is 12.0 Å². The smallest absolute Gasteiger partial charge is 0.339 e. The molecule has 2 rings (SSSR count). The molecule has 1 amide bonds. The van der Waals surface area contributed by atoms with Crippen LogP contribution in [-0.4, -0.2) is 40.0 Å². The lowest BCUT2D eigenvalue weighted by molar-refractivity contribution is -0.148. The van der Waals surface area contributed by atoms with E-state index in [2.05, 4.69) is 9.97 Å². The van der Waals surface area contributed by atoms with Gasteiger partial charge in [-0.3, -0.25) is 4.79 Å². The molecule has 1 aromatic heterocycles. The predicted octanol–water partition coefficient (Wildman–Crippen LogP) is 2.43. The molecule has 0 aromatic carbocycles. The van der Waals surface area contributed by atoms with E-state index in [0.717, 1.165) is 11.1 Å². The summed E-state index contributed by atoms with van der Waals surface area (Å²) in [5.74, 6) is -0.457. The van der Waals surface area contributed by atoms with Gasteiger partial charge in [0.2, 0.25) is 5.91 Å². The molecule has 0 aliphatic carbocycles. The van der Waals surface area contributed by atoms with Crippen molar-refractivity contribution in [2.75, 3.05) is 13.1 Å². The number of carbonyl (C=O) groups is 1. The summed E-state index contributed by atoms with van der Waals surface area (Å²) >= 11 is 0. The van der Waals surface area contributed by atoms with Crippen molar-refractivity contribution in [3.05, 3.63) is 30.4 Å². The van der Waals surface area contributed by atoms with Crippen LogP contribution >= 0.6 is 0 Å². The number of alkyl halides is 3. The molecule has 2 heterocycles. The molecule has 0 saturated carbocycles. The van der Waals surface area contributed by atoms with Gasteiger partial charge >= 0.3 is 6.18 Å². The Morgan fingerprint density at radius 1 is 1.30 bits per heavy atom. The van der Waals surface area contributed by atoms with Crippen molar-refractivity contribution in [3.8, 4) is 0 Å². The van der Waals surface area contributed by atoms with Gasteiger partial charge in [-0.2, -0.15) is 13.2 Å². The Balaban J connectivity index is 1.90. The maximum Gasteiger partial charge on any atom is 0.389 e. The average molecular weight is 285 g/mol. The normalized spacial score (nSPS) is 15.9. The molecule has 0 unspecified atom stereocenters. The van der Waals surface area contributed by atoms with Crippen LogP contribution in [0.15, 0.2) is 24.8 Å². The molecular formula is C13H14F3N3O. The Labute approximate surface area is 114 Å². The molecule has 1 aliphatic rings. The first kappa shape index (κ1) is 14.5. The maximum atomic E-state index is 12.1. The third kappa shape index (κ3) is 4.04. The van der Waals surface area contributed by atoms with Gasteiger partial charge in [0.05, 0.1) is 6.42 Å². The number of rotatable bonds is 3. The number of halogens is 3. The molecule has 0 N–H and O–H groups in total. The van der Waals surface area contributed by atoms with Crippen molar-refractivity contribution in [3.63, 3.8) is 0 Å². The quantitative estimate of drug-likeness (QED) is 0.857. The molecule has 1 aromatic rings. The van der Waals surface area contributed by atoms with Crippen molar-refractivity contribution in [1.82, 2.24) is 14.9 Å². The van der Waals surface area contributed by atoms with Gasteiger partial charge in [-0.1, -0.05) is 6.08 Å². The van der Waals surface area contributed by atoms with E-state index in [1.165, 1.54) is 11.2 Å². The molecule has 20 heavy (non-hydrogen) atoms. The molecule has 4 nitrogen and oxygen atoms in total. The minimum Gasteiger partial charge on any atom is -0.339 e. The first-order valence-corrected chi connectivity index (χ1v) is 6.24. The van der Waals surface area contributed by atoms with E-state index in [1.807, 2.05) is 6.08 Å². The van der Waals surface area contributed by atoms with Gasteiger partial charge in [0, 0.05) is 37.5 Å². The summed E-state index contributed by atoms with van der Waals surface area (Å²) in [5.41, 5.74) is 1.90. The molecule has 0 spiro atoms. The van der Waals surface area contributed by atoms with Gasteiger partial charge in [-0.25, -0.2) is 9.97 Å². The third-order valence-electron chi connectivity index (χ3n) is 3.12. The third-order valence-corrected chi connectivity index (χ3v) is 3.12. The summed E-state index contributed by atoms with van der Waals surface area (Å²) in [6, 6.07) is 0. The highest BCUT2D eigenvalue weighted by Gasteiger charge is 2.29. The Morgan fingerprint density at radius 2 is 2.00 bits per heavy atom. The van der Waals surface area contributed by atoms with Crippen molar-refractivity contribution < 1.29 is 18.0 Å². The van der Waals surface area contributed by atoms with Crippen molar-refractivity contribution in [2.24, 2.45) is 0 Å². The van der Waals surface area contributed by atoms with E-state index in [1.54, 1.807) is 12.4 Å². The van der Waals surface area contributed by atoms with Crippen LogP contribution in [0.2, 0.25) is 0 Å². The monoisotopic (exact) mass is 285 g/mol. The van der Waals surface area contributed by atoms with Crippen LogP contribution in [0.4, 0.5) is 13.2 Å². The van der Waals surface area contributed by atoms with Gasteiger partial charge in [0.25, 0.3) is 0 Å². The number of carbonyl (C=O) groups excluding carboxylic acids is 1. The lowest BCUT2D eigenvalue weighted by Crippen LogP contribution is -2.35. The van der Waals surface area contributed by atoms with E-state index in [-0.39, 0.29) is 0 Å². The first-order valence-electron chi connectivity index (χ1n) is 6.24. The molecule has 108 valence electrons. The maximum absolute atomic E-state index is 12.1. The highest BCUT2D eigenvalue weighted by molar-refractivity contribution is 5.78. The summed E-state index contributed by atoms with van der Waals surface area (Å²) in [6.45, 7) is 0.762. The van der Waals surface area contributed by atoms with Crippen LogP contribution in [0.25, 0.3) is 5.57 Å². The van der Waals surface area contributed by atoms with Crippen LogP contribution in [0, 0.1) is 0 Å². The Bertz CT molecular complexity index is 499. The van der Waals surface area contributed by atoms with E-state index >= 15 is 0 Å². The average Bonchev–Trinajstić information content (AvgIpc) is 2.45. The van der Waals surface area contributed by atoms with Gasteiger partial charge in [0.15, 0.2) is 0 Å². The lowest BCUT2D eigenvalue weighted by Gasteiger charge is -2.26. The fourth-order valence-corrected chi connectivity index (χ4v) is 2.03. The van der Waals surface area contributed by atoms with Crippen LogP contribution < -0.4 is 0 Å². The fourth-order valence-electron chi connectivity index (χ4n) is 2.03. The topological polar surface area (TPSA) is 46.1 Å². The van der Waals surface area contributed by atoms with E-state index in [9.17, 15) is 18.0 Å². The molecule has 1 aliphatic heterocycles. The molecular weight excluding hydrogens is 271 g/mol. The van der Waals surface area contributed by atoms with Crippen molar-refractivity contribution in [2.45, 2.75) is 25.4 Å². The zero-order valence-corrected chi connectivity index (χ0v) is 10.7. The van der Waals surface area contributed by atoms with Gasteiger partial charge < -0.3 is 4.90 Å². The van der Waals surface area contributed by atoms with E-state index in [0.29, 0.717) is 19.5 Å². The summed E-state index contributed by atoms with van der Waals surface area (Å²) in [6.07, 6.45) is 1.40. The second-order valence-electron chi connectivity index (χ2n) is 4.56. The Kier molecular flexibility index (Phi) is 4.36. The minimum atomic E-state index is -4.28. The number of nitrogens with zero attached hydrogens (tertiary/aromatic N) is 3. The Hall–Kier alpha value is -1.92. The standard InChI is InChI=1S/C13H14F3N3O/c14-13(15,16)4-1-12(20)19-5-2-10(3-6-19)11-7-17-9-18-8-11/h2,7-9H,1,3-6H2. The predicted molar refractivity (Wildman–Crippen MR) is 66.5 cm³/mol. The summed E-state index contributed by atoms with van der Waals surface area (Å²) in [5, 5.41) is 0. The van der Waals surface area contributed by atoms with E-state index < -0.39 is 24.9 Å². The van der Waals surface area contributed by atoms with Gasteiger partial charge in [0.1, 0.15) is 6.33 Å². The molecule has 0 radical (unpaired) electrons. The molecule has 0 fully saturated rings. The summed E-state index contributed by atoms with van der Waals surface area (Å²) < 4.78 is 36.2. The van der Waals surface area contributed by atoms with Gasteiger partial charge in [-0.15, -0.1) is 0 Å². The van der Waals surface area contributed by atoms with Crippen molar-refractivity contribution in [1.29, 1.82) is 0 Å². The number of hydrogen-bond donors (Lipinski definition) is 0. The van der Waals surface area contributed by atoms with Crippen LogP contribution in [0.3, 0.4) is 0 Å². The molecule has 0 saturated heterocycles. The first-order chi connectivity index (χ1) is 9.46. The highest BCUT2D eigenvalue weighted by atomic mass is 19.4. The summed E-state index contributed by atoms with van der Waals surface area (Å²) in [7, 11) is 0. The van der Waals surface area contributed by atoms with Crippen molar-refractivity contribution >= 4 is 11.5 Å². The number of hydrogen-bond acceptors (Lipinski definition) is 3. The van der Waals surface area contributed by atoms with Crippen LogP contribution in [0.5, 0.6) is 0 Å². The number of aromatic nitrogens is 2. The SMILES string of the molecule is O=C(CCC(F)(F)F)N1CC=C(c2cncnc2)CC1. The Morgan fingerprint density at radius 3 is 2.55 bits per heavy atom. The molecule has 7 heteroatoms. The highest BCUT2D eigenvalue weighted by Crippen LogP contribution is 2.24. The second-order valence-corrected chi connectivity index (χ2v) is 4.56. The zero-order valence-electron chi connectivity index (χ0n) is 10.7. The minimum absolute atomic E-state index is 0.334. The number of amides is 1. The van der Waals surface area contributed by atoms with E-state index in [4.69, 9.17) is 0 Å². The zero-order chi connectivity index (χ0) is 14.6. The summed E-state index contributed by atoms with van der Waals surface area (Å²) in [4.78, 5) is 20.9. The second kappa shape index (κ2) is 6.02. The van der Waals surface area contributed by atoms with Crippen LogP contribution in [0.1, 0.15) is 24.8 Å². The van der Waals surface area contributed by atoms with Crippen LogP contribution in [-0.2, 0) is 4.79 Å². The largest absolute Gasteiger partial charge is 0.389 e. The molecule has 0 bridgehead atoms. The lowest BCUT2D eigenvalue weighted by atomic mass is 10.0. The fraction of sp³-hybridized carbons (Fsp3) is 0.462.